The number of rotatable bonds is 5. The summed E-state index contributed by atoms with van der Waals surface area (Å²) in [6.07, 6.45) is 0.792. The monoisotopic (exact) mass is 286 g/mol. The number of esters is 1. The Morgan fingerprint density at radius 3 is 2.43 bits per heavy atom. The van der Waals surface area contributed by atoms with E-state index in [2.05, 4.69) is 0 Å². The fourth-order valence-electron chi connectivity index (χ4n) is 2.16. The molecule has 0 saturated heterocycles. The van der Waals surface area contributed by atoms with Crippen molar-refractivity contribution in [2.24, 2.45) is 0 Å². The minimum atomic E-state index is -0.259. The van der Waals surface area contributed by atoms with Crippen LogP contribution in [0.1, 0.15) is 38.7 Å². The van der Waals surface area contributed by atoms with E-state index in [1.54, 1.807) is 7.11 Å². The van der Waals surface area contributed by atoms with E-state index in [1.165, 1.54) is 0 Å². The molecule has 2 atom stereocenters. The molecule has 0 aliphatic rings. The van der Waals surface area contributed by atoms with Crippen molar-refractivity contribution >= 4 is 16.7 Å². The second-order valence-corrected chi connectivity index (χ2v) is 5.35. The lowest BCUT2D eigenvalue weighted by Gasteiger charge is -2.16. The number of carbonyl (C=O) groups is 1. The first-order valence-electron chi connectivity index (χ1n) is 7.33. The van der Waals surface area contributed by atoms with Gasteiger partial charge in [0.05, 0.1) is 19.1 Å². The van der Waals surface area contributed by atoms with E-state index in [-0.39, 0.29) is 18.0 Å². The highest BCUT2D eigenvalue weighted by atomic mass is 16.5. The molecule has 21 heavy (non-hydrogen) atoms. The first kappa shape index (κ1) is 15.4. The van der Waals surface area contributed by atoms with Crippen LogP contribution in [-0.4, -0.2) is 19.2 Å². The summed E-state index contributed by atoms with van der Waals surface area (Å²) in [6.45, 7) is 5.80. The van der Waals surface area contributed by atoms with E-state index in [1.807, 2.05) is 57.2 Å². The highest BCUT2D eigenvalue weighted by Crippen LogP contribution is 2.26. The Kier molecular flexibility index (Phi) is 4.84. The highest BCUT2D eigenvalue weighted by molar-refractivity contribution is 5.86. The number of methoxy groups -OCH3 is 1. The SMILES string of the molecule is CCC(C)OC(=O)C(C)c1ccc2cc(OC)ccc2c1. The van der Waals surface area contributed by atoms with Crippen LogP contribution in [0.4, 0.5) is 0 Å². The van der Waals surface area contributed by atoms with Crippen molar-refractivity contribution in [2.75, 3.05) is 7.11 Å². The summed E-state index contributed by atoms with van der Waals surface area (Å²) in [5.74, 6) is 0.405. The molecule has 0 heterocycles. The topological polar surface area (TPSA) is 35.5 Å². The first-order chi connectivity index (χ1) is 10.0. The average Bonchev–Trinajstić information content (AvgIpc) is 2.52. The summed E-state index contributed by atoms with van der Waals surface area (Å²) in [6, 6.07) is 11.9. The van der Waals surface area contributed by atoms with Crippen LogP contribution in [0.2, 0.25) is 0 Å². The maximum atomic E-state index is 12.1. The molecule has 0 aliphatic carbocycles. The molecule has 0 aromatic heterocycles. The molecule has 2 unspecified atom stereocenters. The summed E-state index contributed by atoms with van der Waals surface area (Å²) >= 11 is 0. The molecule has 2 rings (SSSR count). The van der Waals surface area contributed by atoms with Crippen LogP contribution < -0.4 is 4.74 Å². The molecule has 0 radical (unpaired) electrons. The molecule has 0 saturated carbocycles. The molecule has 0 spiro atoms. The Hall–Kier alpha value is -2.03. The average molecular weight is 286 g/mol. The summed E-state index contributed by atoms with van der Waals surface area (Å²) in [5, 5.41) is 2.19. The zero-order chi connectivity index (χ0) is 15.4. The Balaban J connectivity index is 2.24. The Bertz CT molecular complexity index is 633. The quantitative estimate of drug-likeness (QED) is 0.769. The Labute approximate surface area is 125 Å². The first-order valence-corrected chi connectivity index (χ1v) is 7.33. The molecule has 3 nitrogen and oxygen atoms in total. The van der Waals surface area contributed by atoms with Crippen molar-refractivity contribution in [3.05, 3.63) is 42.0 Å². The van der Waals surface area contributed by atoms with E-state index in [0.717, 1.165) is 28.5 Å². The van der Waals surface area contributed by atoms with Crippen LogP contribution in [0.15, 0.2) is 36.4 Å². The van der Waals surface area contributed by atoms with Crippen molar-refractivity contribution in [3.63, 3.8) is 0 Å². The maximum absolute atomic E-state index is 12.1. The van der Waals surface area contributed by atoms with Gasteiger partial charge in [0.2, 0.25) is 0 Å². The molecule has 2 aromatic carbocycles. The van der Waals surface area contributed by atoms with Crippen LogP contribution in [0.25, 0.3) is 10.8 Å². The van der Waals surface area contributed by atoms with Crippen molar-refractivity contribution in [3.8, 4) is 5.75 Å². The van der Waals surface area contributed by atoms with Gasteiger partial charge < -0.3 is 9.47 Å². The van der Waals surface area contributed by atoms with Crippen LogP contribution >= 0.6 is 0 Å². The number of ether oxygens (including phenoxy) is 2. The lowest BCUT2D eigenvalue weighted by molar-refractivity contribution is -0.149. The summed E-state index contributed by atoms with van der Waals surface area (Å²) in [4.78, 5) is 12.1. The lowest BCUT2D eigenvalue weighted by Crippen LogP contribution is -2.19. The summed E-state index contributed by atoms with van der Waals surface area (Å²) in [5.41, 5.74) is 0.973. The summed E-state index contributed by atoms with van der Waals surface area (Å²) < 4.78 is 10.6. The van der Waals surface area contributed by atoms with Crippen LogP contribution in [-0.2, 0) is 9.53 Å². The van der Waals surface area contributed by atoms with Crippen LogP contribution in [0.5, 0.6) is 5.75 Å². The fraction of sp³-hybridized carbons (Fsp3) is 0.389. The minimum absolute atomic E-state index is 0.0373. The maximum Gasteiger partial charge on any atom is 0.313 e. The van der Waals surface area contributed by atoms with Gasteiger partial charge in [-0.1, -0.05) is 31.2 Å². The van der Waals surface area contributed by atoms with Gasteiger partial charge in [-0.3, -0.25) is 4.79 Å². The van der Waals surface area contributed by atoms with Crippen LogP contribution in [0, 0.1) is 0 Å². The molecule has 0 amide bonds. The van der Waals surface area contributed by atoms with E-state index in [4.69, 9.17) is 9.47 Å². The molecule has 0 fully saturated rings. The van der Waals surface area contributed by atoms with Gasteiger partial charge in [-0.25, -0.2) is 0 Å². The van der Waals surface area contributed by atoms with Gasteiger partial charge in [-0.05, 0) is 48.7 Å². The predicted molar refractivity (Wildman–Crippen MR) is 84.8 cm³/mol. The highest BCUT2D eigenvalue weighted by Gasteiger charge is 2.19. The third-order valence-corrected chi connectivity index (χ3v) is 3.82. The molecule has 0 bridgehead atoms. The third-order valence-electron chi connectivity index (χ3n) is 3.82. The van der Waals surface area contributed by atoms with Crippen LogP contribution in [0.3, 0.4) is 0 Å². The Morgan fingerprint density at radius 1 is 1.10 bits per heavy atom. The van der Waals surface area contributed by atoms with Gasteiger partial charge in [0.15, 0.2) is 0 Å². The number of carbonyl (C=O) groups excluding carboxylic acids is 1. The molecule has 112 valence electrons. The molecule has 0 aliphatic heterocycles. The van der Waals surface area contributed by atoms with Crippen molar-refractivity contribution in [1.82, 2.24) is 0 Å². The van der Waals surface area contributed by atoms with E-state index in [9.17, 15) is 4.79 Å². The second kappa shape index (κ2) is 6.61. The number of hydrogen-bond donors (Lipinski definition) is 0. The molecular weight excluding hydrogens is 264 g/mol. The number of fused-ring (bicyclic) bond motifs is 1. The van der Waals surface area contributed by atoms with Gasteiger partial charge in [-0.2, -0.15) is 0 Å². The van der Waals surface area contributed by atoms with E-state index >= 15 is 0 Å². The largest absolute Gasteiger partial charge is 0.497 e. The van der Waals surface area contributed by atoms with Gasteiger partial charge >= 0.3 is 5.97 Å². The normalized spacial score (nSPS) is 13.7. The third kappa shape index (κ3) is 3.54. The lowest BCUT2D eigenvalue weighted by atomic mass is 9.97. The van der Waals surface area contributed by atoms with E-state index in [0.29, 0.717) is 0 Å². The fourth-order valence-corrected chi connectivity index (χ4v) is 2.16. The zero-order valence-corrected chi connectivity index (χ0v) is 13.1. The smallest absolute Gasteiger partial charge is 0.313 e. The standard InChI is InChI=1S/C18H22O3/c1-5-12(2)21-18(19)13(3)14-6-7-16-11-17(20-4)9-8-15(16)10-14/h6-13H,5H2,1-4H3. The Morgan fingerprint density at radius 2 is 1.76 bits per heavy atom. The van der Waals surface area contributed by atoms with E-state index < -0.39 is 0 Å². The van der Waals surface area contributed by atoms with Gasteiger partial charge in [-0.15, -0.1) is 0 Å². The molecule has 2 aromatic rings. The van der Waals surface area contributed by atoms with Crippen molar-refractivity contribution in [1.29, 1.82) is 0 Å². The molecule has 3 heteroatoms. The number of hydrogen-bond acceptors (Lipinski definition) is 3. The molecular formula is C18H22O3. The van der Waals surface area contributed by atoms with Gasteiger partial charge in [0, 0.05) is 0 Å². The van der Waals surface area contributed by atoms with Gasteiger partial charge in [0.1, 0.15) is 5.75 Å². The second-order valence-electron chi connectivity index (χ2n) is 5.35. The van der Waals surface area contributed by atoms with Gasteiger partial charge in [0.25, 0.3) is 0 Å². The van der Waals surface area contributed by atoms with Crippen molar-refractivity contribution in [2.45, 2.75) is 39.2 Å². The number of benzene rings is 2. The summed E-state index contributed by atoms with van der Waals surface area (Å²) in [7, 11) is 1.66. The predicted octanol–water partition coefficient (Wildman–Crippen LogP) is 4.29. The minimum Gasteiger partial charge on any atom is -0.497 e. The zero-order valence-electron chi connectivity index (χ0n) is 13.1. The molecule has 0 N–H and O–H groups in total. The van der Waals surface area contributed by atoms with Crippen molar-refractivity contribution < 1.29 is 14.3 Å².